The summed E-state index contributed by atoms with van der Waals surface area (Å²) in [6, 6.07) is 0.177. The first-order valence-electron chi connectivity index (χ1n) is 6.80. The van der Waals surface area contributed by atoms with Gasteiger partial charge < -0.3 is 15.2 Å². The number of aliphatic carboxylic acids is 1. The van der Waals surface area contributed by atoms with E-state index in [1.165, 1.54) is 0 Å². The lowest BCUT2D eigenvalue weighted by molar-refractivity contribution is -0.141. The van der Waals surface area contributed by atoms with Crippen molar-refractivity contribution in [3.8, 4) is 0 Å². The maximum absolute atomic E-state index is 11.9. The molecule has 2 saturated carbocycles. The van der Waals surface area contributed by atoms with Crippen LogP contribution in [0.15, 0.2) is 0 Å². The van der Waals surface area contributed by atoms with Gasteiger partial charge in [0.25, 0.3) is 0 Å². The van der Waals surface area contributed by atoms with Crippen molar-refractivity contribution >= 4 is 11.9 Å². The van der Waals surface area contributed by atoms with Crippen molar-refractivity contribution in [2.45, 2.75) is 44.2 Å². The first kappa shape index (κ1) is 12.0. The summed E-state index contributed by atoms with van der Waals surface area (Å²) in [5.74, 6) is -0.0229. The molecule has 100 valence electrons. The third-order valence-corrected chi connectivity index (χ3v) is 4.72. The molecule has 1 saturated heterocycles. The molecule has 5 atom stereocenters. The Morgan fingerprint density at radius 2 is 2.06 bits per heavy atom. The lowest BCUT2D eigenvalue weighted by Gasteiger charge is -2.41. The average Bonchev–Trinajstić information content (AvgIpc) is 2.93. The highest BCUT2D eigenvalue weighted by Gasteiger charge is 2.50. The van der Waals surface area contributed by atoms with Crippen LogP contribution in [0.1, 0.15) is 32.1 Å². The Balaban J connectivity index is 1.51. The molecule has 0 aromatic carbocycles. The van der Waals surface area contributed by atoms with Crippen LogP contribution in [0.4, 0.5) is 0 Å². The van der Waals surface area contributed by atoms with Crippen molar-refractivity contribution in [1.29, 1.82) is 0 Å². The zero-order valence-corrected chi connectivity index (χ0v) is 10.3. The van der Waals surface area contributed by atoms with Crippen LogP contribution in [0.3, 0.4) is 0 Å². The van der Waals surface area contributed by atoms with E-state index < -0.39 is 5.97 Å². The largest absolute Gasteiger partial charge is 0.481 e. The Labute approximate surface area is 106 Å². The normalized spacial score (nSPS) is 42.1. The van der Waals surface area contributed by atoms with Gasteiger partial charge in [-0.25, -0.2) is 0 Å². The van der Waals surface area contributed by atoms with Gasteiger partial charge in [0, 0.05) is 12.6 Å². The van der Waals surface area contributed by atoms with Crippen molar-refractivity contribution in [2.24, 2.45) is 17.8 Å². The molecule has 0 aromatic rings. The molecular formula is C13H19NO4. The van der Waals surface area contributed by atoms with Gasteiger partial charge in [-0.15, -0.1) is 0 Å². The SMILES string of the molecule is O=C(O)C1C[C@@H]2C[C@@H](NC(=O)[C@@H]3CCCO3)[C@@H]2C1. The zero-order valence-electron chi connectivity index (χ0n) is 10.3. The Morgan fingerprint density at radius 1 is 1.22 bits per heavy atom. The highest BCUT2D eigenvalue weighted by molar-refractivity contribution is 5.81. The molecule has 5 heteroatoms. The predicted molar refractivity (Wildman–Crippen MR) is 62.9 cm³/mol. The highest BCUT2D eigenvalue weighted by atomic mass is 16.5. The molecule has 5 nitrogen and oxygen atoms in total. The molecule has 2 aliphatic carbocycles. The quantitative estimate of drug-likeness (QED) is 0.779. The second-order valence-corrected chi connectivity index (χ2v) is 5.78. The number of ether oxygens (including phenoxy) is 1. The van der Waals surface area contributed by atoms with Crippen LogP contribution < -0.4 is 5.32 Å². The molecule has 1 amide bonds. The zero-order chi connectivity index (χ0) is 12.7. The van der Waals surface area contributed by atoms with Gasteiger partial charge in [0.15, 0.2) is 0 Å². The molecule has 0 bridgehead atoms. The summed E-state index contributed by atoms with van der Waals surface area (Å²) in [6.45, 7) is 0.676. The molecular weight excluding hydrogens is 234 g/mol. The highest BCUT2D eigenvalue weighted by Crippen LogP contribution is 2.49. The molecule has 0 radical (unpaired) electrons. The van der Waals surface area contributed by atoms with Gasteiger partial charge in [0.05, 0.1) is 5.92 Å². The first-order chi connectivity index (χ1) is 8.65. The van der Waals surface area contributed by atoms with Gasteiger partial charge in [-0.05, 0) is 43.9 Å². The van der Waals surface area contributed by atoms with Crippen LogP contribution in [0.2, 0.25) is 0 Å². The molecule has 1 aliphatic heterocycles. The fraction of sp³-hybridized carbons (Fsp3) is 0.846. The monoisotopic (exact) mass is 253 g/mol. The minimum absolute atomic E-state index is 0.00488. The van der Waals surface area contributed by atoms with Crippen molar-refractivity contribution in [3.63, 3.8) is 0 Å². The fourth-order valence-electron chi connectivity index (χ4n) is 3.65. The van der Waals surface area contributed by atoms with Crippen molar-refractivity contribution in [2.75, 3.05) is 6.61 Å². The number of hydrogen-bond acceptors (Lipinski definition) is 3. The molecule has 3 fully saturated rings. The summed E-state index contributed by atoms with van der Waals surface area (Å²) in [5, 5.41) is 12.0. The van der Waals surface area contributed by atoms with E-state index in [0.717, 1.165) is 32.1 Å². The lowest BCUT2D eigenvalue weighted by Crippen LogP contribution is -2.52. The molecule has 3 rings (SSSR count). The van der Waals surface area contributed by atoms with Crippen LogP contribution in [0.25, 0.3) is 0 Å². The van der Waals surface area contributed by atoms with Gasteiger partial charge in [-0.2, -0.15) is 0 Å². The average molecular weight is 253 g/mol. The van der Waals surface area contributed by atoms with Gasteiger partial charge in [-0.3, -0.25) is 9.59 Å². The second-order valence-electron chi connectivity index (χ2n) is 5.78. The van der Waals surface area contributed by atoms with E-state index in [1.54, 1.807) is 0 Å². The molecule has 2 N–H and O–H groups in total. The maximum Gasteiger partial charge on any atom is 0.306 e. The summed E-state index contributed by atoms with van der Waals surface area (Å²) in [6.07, 6.45) is 3.93. The minimum atomic E-state index is -0.686. The summed E-state index contributed by atoms with van der Waals surface area (Å²) in [4.78, 5) is 22.9. The van der Waals surface area contributed by atoms with E-state index in [1.807, 2.05) is 0 Å². The fourth-order valence-corrected chi connectivity index (χ4v) is 3.65. The van der Waals surface area contributed by atoms with Crippen molar-refractivity contribution < 1.29 is 19.4 Å². The van der Waals surface area contributed by atoms with Crippen LogP contribution in [-0.4, -0.2) is 35.7 Å². The number of carbonyl (C=O) groups is 2. The van der Waals surface area contributed by atoms with E-state index in [9.17, 15) is 9.59 Å². The maximum atomic E-state index is 11.9. The van der Waals surface area contributed by atoms with E-state index >= 15 is 0 Å². The predicted octanol–water partition coefficient (Wildman–Crippen LogP) is 0.781. The molecule has 0 aromatic heterocycles. The van der Waals surface area contributed by atoms with Crippen LogP contribution in [0.5, 0.6) is 0 Å². The minimum Gasteiger partial charge on any atom is -0.481 e. The number of nitrogens with one attached hydrogen (secondary N) is 1. The van der Waals surface area contributed by atoms with Crippen LogP contribution in [-0.2, 0) is 14.3 Å². The third kappa shape index (κ3) is 2.00. The van der Waals surface area contributed by atoms with Crippen LogP contribution >= 0.6 is 0 Å². The molecule has 3 aliphatic rings. The summed E-state index contributed by atoms with van der Waals surface area (Å²) < 4.78 is 5.35. The number of carboxylic acid groups (broad SMARTS) is 1. The Morgan fingerprint density at radius 3 is 2.72 bits per heavy atom. The van der Waals surface area contributed by atoms with Gasteiger partial charge in [-0.1, -0.05) is 0 Å². The van der Waals surface area contributed by atoms with Gasteiger partial charge >= 0.3 is 5.97 Å². The van der Waals surface area contributed by atoms with Gasteiger partial charge in [0.2, 0.25) is 5.91 Å². The smallest absolute Gasteiger partial charge is 0.306 e. The topological polar surface area (TPSA) is 75.6 Å². The molecule has 0 spiro atoms. The van der Waals surface area contributed by atoms with E-state index in [4.69, 9.17) is 9.84 Å². The number of rotatable bonds is 3. The number of amides is 1. The number of hydrogen-bond donors (Lipinski definition) is 2. The first-order valence-corrected chi connectivity index (χ1v) is 6.80. The van der Waals surface area contributed by atoms with E-state index in [-0.39, 0.29) is 24.0 Å². The standard InChI is InChI=1S/C13H19NO4/c15-12(11-2-1-3-18-11)14-10-6-7-4-8(13(16)17)5-9(7)10/h7-11H,1-6H2,(H,14,15)(H,16,17)/t7-,8?,9-,10-,11+/m1/s1. The second kappa shape index (κ2) is 4.53. The summed E-state index contributed by atoms with van der Waals surface area (Å²) in [7, 11) is 0. The number of carbonyl (C=O) groups excluding carboxylic acids is 1. The van der Waals surface area contributed by atoms with Crippen molar-refractivity contribution in [3.05, 3.63) is 0 Å². The van der Waals surface area contributed by atoms with Crippen LogP contribution in [0, 0.1) is 17.8 Å². The summed E-state index contributed by atoms with van der Waals surface area (Å²) >= 11 is 0. The Kier molecular flexibility index (Phi) is 3.01. The Hall–Kier alpha value is -1.10. The number of carboxylic acids is 1. The lowest BCUT2D eigenvalue weighted by atomic mass is 9.71. The molecule has 1 unspecified atom stereocenters. The number of fused-ring (bicyclic) bond motifs is 1. The van der Waals surface area contributed by atoms with E-state index in [0.29, 0.717) is 18.4 Å². The summed E-state index contributed by atoms with van der Waals surface area (Å²) in [5.41, 5.74) is 0. The Bertz CT molecular complexity index is 364. The van der Waals surface area contributed by atoms with Gasteiger partial charge in [0.1, 0.15) is 6.10 Å². The third-order valence-electron chi connectivity index (χ3n) is 4.72. The van der Waals surface area contributed by atoms with Crippen molar-refractivity contribution in [1.82, 2.24) is 5.32 Å². The molecule has 18 heavy (non-hydrogen) atoms. The molecule has 1 heterocycles. The van der Waals surface area contributed by atoms with E-state index in [2.05, 4.69) is 5.32 Å².